The van der Waals surface area contributed by atoms with Crippen molar-refractivity contribution < 1.29 is 4.74 Å². The van der Waals surface area contributed by atoms with Crippen molar-refractivity contribution in [3.05, 3.63) is 40.6 Å². The summed E-state index contributed by atoms with van der Waals surface area (Å²) >= 11 is 11.6. The van der Waals surface area contributed by atoms with Gasteiger partial charge in [0.2, 0.25) is 0 Å². The van der Waals surface area contributed by atoms with Gasteiger partial charge in [0.15, 0.2) is 0 Å². The van der Waals surface area contributed by atoms with E-state index in [4.69, 9.17) is 27.9 Å². The average Bonchev–Trinajstić information content (AvgIpc) is 2.09. The summed E-state index contributed by atoms with van der Waals surface area (Å²) in [5, 5.41) is 1.13. The Balaban J connectivity index is 2.72. The number of rotatable bonds is 3. The van der Waals surface area contributed by atoms with Gasteiger partial charge in [-0.25, -0.2) is 0 Å². The summed E-state index contributed by atoms with van der Waals surface area (Å²) < 4.78 is 5.26. The van der Waals surface area contributed by atoms with Crippen LogP contribution in [0.4, 0.5) is 0 Å². The highest BCUT2D eigenvalue weighted by Crippen LogP contribution is 2.27. The zero-order chi connectivity index (χ0) is 9.68. The molecular weight excluding hydrogens is 207 g/mol. The van der Waals surface area contributed by atoms with E-state index in [9.17, 15) is 0 Å². The molecule has 0 atom stereocenters. The number of ether oxygens (including phenoxy) is 1. The predicted octanol–water partition coefficient (Wildman–Crippen LogP) is 4.30. The van der Waals surface area contributed by atoms with Crippen molar-refractivity contribution in [1.29, 1.82) is 0 Å². The lowest BCUT2D eigenvalue weighted by molar-refractivity contribution is 0.479. The molecule has 0 aliphatic rings. The molecule has 0 aliphatic heterocycles. The second-order valence-electron chi connectivity index (χ2n) is 2.47. The Kier molecular flexibility index (Phi) is 4.13. The van der Waals surface area contributed by atoms with Gasteiger partial charge >= 0.3 is 0 Å². The molecule has 70 valence electrons. The molecule has 0 fully saturated rings. The van der Waals surface area contributed by atoms with Gasteiger partial charge in [-0.05, 0) is 30.7 Å². The maximum atomic E-state index is 5.87. The molecule has 0 radical (unpaired) electrons. The predicted molar refractivity (Wildman–Crippen MR) is 56.5 cm³/mol. The molecule has 0 bridgehead atoms. The highest BCUT2D eigenvalue weighted by molar-refractivity contribution is 6.35. The van der Waals surface area contributed by atoms with Gasteiger partial charge in [-0.3, -0.25) is 0 Å². The standard InChI is InChI=1S/C10H10Cl2O/c1-2-3-6-13-10-5-4-8(11)7-9(10)12/h3-7H,2H2,1H3. The molecule has 1 aromatic rings. The van der Waals surface area contributed by atoms with Crippen molar-refractivity contribution in [2.24, 2.45) is 0 Å². The van der Waals surface area contributed by atoms with Crippen LogP contribution in [0.3, 0.4) is 0 Å². The lowest BCUT2D eigenvalue weighted by Gasteiger charge is -2.02. The largest absolute Gasteiger partial charge is 0.464 e. The second-order valence-corrected chi connectivity index (χ2v) is 3.32. The van der Waals surface area contributed by atoms with Crippen LogP contribution in [-0.2, 0) is 0 Å². The third kappa shape index (κ3) is 3.29. The molecule has 0 amide bonds. The first-order valence-electron chi connectivity index (χ1n) is 4.00. The van der Waals surface area contributed by atoms with E-state index < -0.39 is 0 Å². The Hall–Kier alpha value is -0.660. The third-order valence-corrected chi connectivity index (χ3v) is 1.95. The van der Waals surface area contributed by atoms with Crippen LogP contribution in [0.15, 0.2) is 30.5 Å². The van der Waals surface area contributed by atoms with Crippen LogP contribution in [0.2, 0.25) is 10.0 Å². The maximum Gasteiger partial charge on any atom is 0.145 e. The second kappa shape index (κ2) is 5.15. The van der Waals surface area contributed by atoms with Crippen LogP contribution < -0.4 is 4.74 Å². The number of allylic oxidation sites excluding steroid dienone is 1. The van der Waals surface area contributed by atoms with Gasteiger partial charge in [0.25, 0.3) is 0 Å². The fourth-order valence-electron chi connectivity index (χ4n) is 0.788. The van der Waals surface area contributed by atoms with Crippen molar-refractivity contribution in [2.75, 3.05) is 0 Å². The van der Waals surface area contributed by atoms with Crippen LogP contribution in [-0.4, -0.2) is 0 Å². The number of hydrogen-bond donors (Lipinski definition) is 0. The zero-order valence-electron chi connectivity index (χ0n) is 7.26. The SMILES string of the molecule is CCC=COc1ccc(Cl)cc1Cl. The van der Waals surface area contributed by atoms with Crippen LogP contribution >= 0.6 is 23.2 Å². The monoisotopic (exact) mass is 216 g/mol. The fraction of sp³-hybridized carbons (Fsp3) is 0.200. The van der Waals surface area contributed by atoms with Gasteiger partial charge in [-0.15, -0.1) is 0 Å². The van der Waals surface area contributed by atoms with E-state index in [1.165, 1.54) is 0 Å². The van der Waals surface area contributed by atoms with Crippen molar-refractivity contribution in [3.8, 4) is 5.75 Å². The highest BCUT2D eigenvalue weighted by Gasteiger charge is 1.99. The molecule has 1 rings (SSSR count). The molecule has 0 N–H and O–H groups in total. The van der Waals surface area contributed by atoms with Gasteiger partial charge < -0.3 is 4.74 Å². The summed E-state index contributed by atoms with van der Waals surface area (Å²) in [4.78, 5) is 0. The smallest absolute Gasteiger partial charge is 0.145 e. The van der Waals surface area contributed by atoms with Gasteiger partial charge in [-0.2, -0.15) is 0 Å². The van der Waals surface area contributed by atoms with E-state index in [1.807, 2.05) is 13.0 Å². The van der Waals surface area contributed by atoms with Crippen molar-refractivity contribution in [2.45, 2.75) is 13.3 Å². The Morgan fingerprint density at radius 3 is 2.77 bits per heavy atom. The van der Waals surface area contributed by atoms with Crippen LogP contribution in [0, 0.1) is 0 Å². The molecule has 0 spiro atoms. The minimum absolute atomic E-state index is 0.522. The summed E-state index contributed by atoms with van der Waals surface area (Å²) in [5.41, 5.74) is 0. The van der Waals surface area contributed by atoms with Crippen LogP contribution in [0.25, 0.3) is 0 Å². The minimum atomic E-state index is 0.522. The molecule has 0 aliphatic carbocycles. The number of hydrogen-bond acceptors (Lipinski definition) is 1. The van der Waals surface area contributed by atoms with Gasteiger partial charge in [0.05, 0.1) is 11.3 Å². The molecule has 1 nitrogen and oxygen atoms in total. The highest BCUT2D eigenvalue weighted by atomic mass is 35.5. The quantitative estimate of drug-likeness (QED) is 0.686. The number of halogens is 2. The minimum Gasteiger partial charge on any atom is -0.464 e. The Morgan fingerprint density at radius 1 is 1.38 bits per heavy atom. The van der Waals surface area contributed by atoms with Crippen LogP contribution in [0.1, 0.15) is 13.3 Å². The van der Waals surface area contributed by atoms with Crippen molar-refractivity contribution in [3.63, 3.8) is 0 Å². The van der Waals surface area contributed by atoms with Gasteiger partial charge in [0, 0.05) is 5.02 Å². The van der Waals surface area contributed by atoms with E-state index in [1.54, 1.807) is 24.5 Å². The first-order chi connectivity index (χ1) is 6.24. The molecule has 0 unspecified atom stereocenters. The molecule has 1 aromatic carbocycles. The Labute approximate surface area is 87.9 Å². The molecule has 0 saturated heterocycles. The molecule has 13 heavy (non-hydrogen) atoms. The summed E-state index contributed by atoms with van der Waals surface area (Å²) in [6.45, 7) is 2.03. The Bertz CT molecular complexity index is 308. The molecule has 3 heteroatoms. The van der Waals surface area contributed by atoms with E-state index in [-0.39, 0.29) is 0 Å². The summed E-state index contributed by atoms with van der Waals surface area (Å²) in [6, 6.07) is 5.13. The molecule has 0 aromatic heterocycles. The average molecular weight is 217 g/mol. The zero-order valence-corrected chi connectivity index (χ0v) is 8.77. The van der Waals surface area contributed by atoms with E-state index in [2.05, 4.69) is 0 Å². The maximum absolute atomic E-state index is 5.87. The first kappa shape index (κ1) is 10.4. The third-order valence-electron chi connectivity index (χ3n) is 1.42. The number of benzene rings is 1. The lowest BCUT2D eigenvalue weighted by Crippen LogP contribution is -1.82. The van der Waals surface area contributed by atoms with E-state index in [0.29, 0.717) is 15.8 Å². The first-order valence-corrected chi connectivity index (χ1v) is 4.76. The van der Waals surface area contributed by atoms with Crippen molar-refractivity contribution in [1.82, 2.24) is 0 Å². The van der Waals surface area contributed by atoms with E-state index in [0.717, 1.165) is 6.42 Å². The summed E-state index contributed by atoms with van der Waals surface area (Å²) in [6.07, 6.45) is 4.46. The summed E-state index contributed by atoms with van der Waals surface area (Å²) in [5.74, 6) is 0.621. The van der Waals surface area contributed by atoms with E-state index >= 15 is 0 Å². The van der Waals surface area contributed by atoms with Crippen LogP contribution in [0.5, 0.6) is 5.75 Å². The fourth-order valence-corrected chi connectivity index (χ4v) is 1.24. The topological polar surface area (TPSA) is 9.23 Å². The normalized spacial score (nSPS) is 10.7. The summed E-state index contributed by atoms with van der Waals surface area (Å²) in [7, 11) is 0. The molecule has 0 saturated carbocycles. The molecular formula is C10H10Cl2O. The van der Waals surface area contributed by atoms with Gasteiger partial charge in [0.1, 0.15) is 5.75 Å². The molecule has 0 heterocycles. The van der Waals surface area contributed by atoms with Gasteiger partial charge in [-0.1, -0.05) is 30.1 Å². The lowest BCUT2D eigenvalue weighted by atomic mass is 10.3. The Morgan fingerprint density at radius 2 is 2.15 bits per heavy atom. The van der Waals surface area contributed by atoms with Crippen molar-refractivity contribution >= 4 is 23.2 Å².